The number of anilines is 1. The maximum absolute atomic E-state index is 12.6. The number of carbonyl (C=O) groups excluding carboxylic acids is 1. The Labute approximate surface area is 158 Å². The number of nitrogens with one attached hydrogen (secondary N) is 1. The van der Waals surface area contributed by atoms with E-state index in [0.29, 0.717) is 22.6 Å². The van der Waals surface area contributed by atoms with E-state index in [1.807, 2.05) is 11.9 Å². The smallest absolute Gasteiger partial charge is 0.285 e. The zero-order chi connectivity index (χ0) is 19.0. The molecule has 1 fully saturated rings. The van der Waals surface area contributed by atoms with Gasteiger partial charge in [0.2, 0.25) is 0 Å². The van der Waals surface area contributed by atoms with Gasteiger partial charge in [-0.1, -0.05) is 12.1 Å². The van der Waals surface area contributed by atoms with Gasteiger partial charge in [-0.25, -0.2) is 0 Å². The minimum atomic E-state index is -3.65. The third kappa shape index (κ3) is 3.45. The number of amidine groups is 1. The van der Waals surface area contributed by atoms with Gasteiger partial charge in [0.25, 0.3) is 15.9 Å². The fourth-order valence-corrected chi connectivity index (χ4v) is 4.40. The molecular weight excluding hydrogens is 364 g/mol. The molecule has 0 saturated carbocycles. The van der Waals surface area contributed by atoms with Crippen LogP contribution in [0.2, 0.25) is 0 Å². The molecule has 140 valence electrons. The Morgan fingerprint density at radius 2 is 1.67 bits per heavy atom. The van der Waals surface area contributed by atoms with E-state index in [9.17, 15) is 13.2 Å². The predicted octanol–water partition coefficient (Wildman–Crippen LogP) is 1.64. The van der Waals surface area contributed by atoms with Crippen LogP contribution in [0.15, 0.2) is 57.8 Å². The lowest BCUT2D eigenvalue weighted by Crippen LogP contribution is -2.47. The molecule has 0 bridgehead atoms. The molecule has 0 unspecified atom stereocenters. The van der Waals surface area contributed by atoms with Crippen molar-refractivity contribution in [3.05, 3.63) is 59.7 Å². The monoisotopic (exact) mass is 384 g/mol. The van der Waals surface area contributed by atoms with Crippen molar-refractivity contribution >= 4 is 27.5 Å². The Hall–Kier alpha value is -2.71. The fraction of sp³-hybridized carbons (Fsp3) is 0.263. The number of hydrogen-bond acceptors (Lipinski definition) is 5. The zero-order valence-electron chi connectivity index (χ0n) is 14.9. The molecule has 0 spiro atoms. The summed E-state index contributed by atoms with van der Waals surface area (Å²) in [6, 6.07) is 13.7. The van der Waals surface area contributed by atoms with Gasteiger partial charge < -0.3 is 15.1 Å². The highest BCUT2D eigenvalue weighted by Crippen LogP contribution is 2.26. The third-order valence-electron chi connectivity index (χ3n) is 4.82. The standard InChI is InChI=1S/C19H20N4O3S/c1-22-10-12-23(13-11-22)19(24)14-6-8-15(9-7-14)20-18-16-4-2-3-5-17(16)27(25,26)21-18/h2-9H,10-13H2,1H3,(H,20,21). The summed E-state index contributed by atoms with van der Waals surface area (Å²) in [7, 11) is -1.61. The Morgan fingerprint density at radius 3 is 2.37 bits per heavy atom. The van der Waals surface area contributed by atoms with E-state index in [0.717, 1.165) is 26.2 Å². The second-order valence-corrected chi connectivity index (χ2v) is 8.28. The molecule has 7 nitrogen and oxygen atoms in total. The van der Waals surface area contributed by atoms with E-state index in [1.165, 1.54) is 0 Å². The first kappa shape index (κ1) is 17.7. The van der Waals surface area contributed by atoms with Gasteiger partial charge in [-0.15, -0.1) is 4.40 Å². The van der Waals surface area contributed by atoms with Crippen LogP contribution in [-0.2, 0) is 10.0 Å². The van der Waals surface area contributed by atoms with Crippen molar-refractivity contribution in [2.75, 3.05) is 38.5 Å². The average molecular weight is 384 g/mol. The lowest BCUT2D eigenvalue weighted by Gasteiger charge is -2.32. The highest BCUT2D eigenvalue weighted by Gasteiger charge is 2.28. The van der Waals surface area contributed by atoms with Gasteiger partial charge in [-0.3, -0.25) is 4.79 Å². The van der Waals surface area contributed by atoms with Crippen LogP contribution < -0.4 is 5.32 Å². The van der Waals surface area contributed by atoms with Gasteiger partial charge in [0, 0.05) is 43.0 Å². The molecule has 1 N–H and O–H groups in total. The van der Waals surface area contributed by atoms with E-state index >= 15 is 0 Å². The van der Waals surface area contributed by atoms with Crippen LogP contribution >= 0.6 is 0 Å². The number of amides is 1. The van der Waals surface area contributed by atoms with Crippen molar-refractivity contribution in [1.29, 1.82) is 0 Å². The number of rotatable bonds is 2. The number of carbonyl (C=O) groups is 1. The van der Waals surface area contributed by atoms with Crippen LogP contribution in [0.4, 0.5) is 5.69 Å². The number of piperazine rings is 1. The second kappa shape index (κ2) is 6.79. The number of nitrogens with zero attached hydrogens (tertiary/aromatic N) is 3. The van der Waals surface area contributed by atoms with Gasteiger partial charge in [0.1, 0.15) is 4.90 Å². The molecule has 2 aliphatic heterocycles. The lowest BCUT2D eigenvalue weighted by atomic mass is 10.1. The Kier molecular flexibility index (Phi) is 4.45. The molecular formula is C19H20N4O3S. The van der Waals surface area contributed by atoms with Crippen LogP contribution in [0.25, 0.3) is 0 Å². The highest BCUT2D eigenvalue weighted by molar-refractivity contribution is 7.90. The van der Waals surface area contributed by atoms with E-state index in [2.05, 4.69) is 14.6 Å². The van der Waals surface area contributed by atoms with Crippen LogP contribution in [-0.4, -0.2) is 63.2 Å². The molecule has 0 aromatic heterocycles. The van der Waals surface area contributed by atoms with Crippen LogP contribution in [0, 0.1) is 0 Å². The lowest BCUT2D eigenvalue weighted by molar-refractivity contribution is 0.0664. The van der Waals surface area contributed by atoms with Gasteiger partial charge in [0.05, 0.1) is 0 Å². The first-order chi connectivity index (χ1) is 12.9. The molecule has 27 heavy (non-hydrogen) atoms. The first-order valence-corrected chi connectivity index (χ1v) is 10.2. The summed E-state index contributed by atoms with van der Waals surface area (Å²) in [5.74, 6) is 0.310. The molecule has 0 radical (unpaired) electrons. The maximum Gasteiger partial charge on any atom is 0.285 e. The normalized spacial score (nSPS) is 18.7. The van der Waals surface area contributed by atoms with E-state index in [1.54, 1.807) is 48.5 Å². The third-order valence-corrected chi connectivity index (χ3v) is 6.15. The van der Waals surface area contributed by atoms with Gasteiger partial charge in [-0.05, 0) is 43.4 Å². The quantitative estimate of drug-likeness (QED) is 0.851. The summed E-state index contributed by atoms with van der Waals surface area (Å²) in [5.41, 5.74) is 1.84. The molecule has 2 aromatic rings. The molecule has 2 aromatic carbocycles. The summed E-state index contributed by atoms with van der Waals surface area (Å²) < 4.78 is 28.0. The molecule has 2 heterocycles. The van der Waals surface area contributed by atoms with Crippen LogP contribution in [0.1, 0.15) is 15.9 Å². The van der Waals surface area contributed by atoms with Crippen molar-refractivity contribution in [2.45, 2.75) is 4.90 Å². The van der Waals surface area contributed by atoms with Crippen molar-refractivity contribution in [3.63, 3.8) is 0 Å². The zero-order valence-corrected chi connectivity index (χ0v) is 15.7. The van der Waals surface area contributed by atoms with Crippen molar-refractivity contribution in [1.82, 2.24) is 9.80 Å². The topological polar surface area (TPSA) is 82.1 Å². The van der Waals surface area contributed by atoms with Gasteiger partial charge >= 0.3 is 0 Å². The summed E-state index contributed by atoms with van der Waals surface area (Å²) in [6.07, 6.45) is 0. The number of hydrogen-bond donors (Lipinski definition) is 1. The molecule has 1 amide bonds. The van der Waals surface area contributed by atoms with Crippen molar-refractivity contribution < 1.29 is 13.2 Å². The Morgan fingerprint density at radius 1 is 1.00 bits per heavy atom. The minimum Gasteiger partial charge on any atom is -0.339 e. The molecule has 2 aliphatic rings. The molecule has 4 rings (SSSR count). The van der Waals surface area contributed by atoms with Crippen molar-refractivity contribution in [2.24, 2.45) is 4.40 Å². The molecule has 8 heteroatoms. The minimum absolute atomic E-state index is 0.0146. The number of sulfonamides is 1. The summed E-state index contributed by atoms with van der Waals surface area (Å²) >= 11 is 0. The fourth-order valence-electron chi connectivity index (χ4n) is 3.22. The number of benzene rings is 2. The van der Waals surface area contributed by atoms with E-state index < -0.39 is 10.0 Å². The maximum atomic E-state index is 12.6. The average Bonchev–Trinajstić information content (AvgIpc) is 2.93. The SMILES string of the molecule is CN1CCN(C(=O)c2ccc(NC3=NS(=O)(=O)c4ccccc43)cc2)CC1. The summed E-state index contributed by atoms with van der Waals surface area (Å²) in [4.78, 5) is 16.9. The van der Waals surface area contributed by atoms with Crippen LogP contribution in [0.5, 0.6) is 0 Å². The van der Waals surface area contributed by atoms with Gasteiger partial charge in [-0.2, -0.15) is 8.42 Å². The Bertz CT molecular complexity index is 1010. The summed E-state index contributed by atoms with van der Waals surface area (Å²) in [6.45, 7) is 3.19. The van der Waals surface area contributed by atoms with Crippen LogP contribution in [0.3, 0.4) is 0 Å². The first-order valence-electron chi connectivity index (χ1n) is 8.73. The Balaban J connectivity index is 1.50. The number of fused-ring (bicyclic) bond motifs is 1. The molecule has 0 aliphatic carbocycles. The van der Waals surface area contributed by atoms with E-state index in [-0.39, 0.29) is 10.8 Å². The predicted molar refractivity (Wildman–Crippen MR) is 104 cm³/mol. The van der Waals surface area contributed by atoms with Crippen molar-refractivity contribution in [3.8, 4) is 0 Å². The van der Waals surface area contributed by atoms with E-state index in [4.69, 9.17) is 0 Å². The molecule has 0 atom stereocenters. The molecule has 1 saturated heterocycles. The highest BCUT2D eigenvalue weighted by atomic mass is 32.2. The number of likely N-dealkylation sites (N-methyl/N-ethyl adjacent to an activating group) is 1. The second-order valence-electron chi connectivity index (χ2n) is 6.71. The largest absolute Gasteiger partial charge is 0.339 e. The summed E-state index contributed by atoms with van der Waals surface area (Å²) in [5, 5.41) is 3.04. The van der Waals surface area contributed by atoms with Gasteiger partial charge in [0.15, 0.2) is 5.84 Å².